The zero-order valence-electron chi connectivity index (χ0n) is 11.0. The minimum absolute atomic E-state index is 0.301. The van der Waals surface area contributed by atoms with E-state index in [0.717, 1.165) is 5.56 Å². The second-order valence-electron chi connectivity index (χ2n) is 5.87. The van der Waals surface area contributed by atoms with Gasteiger partial charge in [-0.2, -0.15) is 0 Å². The van der Waals surface area contributed by atoms with Gasteiger partial charge in [0.1, 0.15) is 5.54 Å². The Morgan fingerprint density at radius 1 is 1.15 bits per heavy atom. The number of carbonyl (C=O) groups is 2. The number of carboxylic acid groups (broad SMARTS) is 2. The molecule has 2 fully saturated rings. The van der Waals surface area contributed by atoms with Gasteiger partial charge >= 0.3 is 11.9 Å². The largest absolute Gasteiger partial charge is 0.481 e. The lowest BCUT2D eigenvalue weighted by Gasteiger charge is -2.28. The summed E-state index contributed by atoms with van der Waals surface area (Å²) in [7, 11) is 0. The Labute approximate surface area is 116 Å². The third-order valence-electron chi connectivity index (χ3n) is 5.13. The van der Waals surface area contributed by atoms with Gasteiger partial charge in [-0.3, -0.25) is 9.59 Å². The van der Waals surface area contributed by atoms with E-state index < -0.39 is 28.8 Å². The van der Waals surface area contributed by atoms with E-state index in [0.29, 0.717) is 19.3 Å². The molecule has 1 aromatic carbocycles. The van der Waals surface area contributed by atoms with Gasteiger partial charge in [0.25, 0.3) is 0 Å². The molecule has 0 saturated heterocycles. The predicted molar refractivity (Wildman–Crippen MR) is 71.1 cm³/mol. The van der Waals surface area contributed by atoms with Gasteiger partial charge in [0.15, 0.2) is 0 Å². The summed E-state index contributed by atoms with van der Waals surface area (Å²) >= 11 is 0. The Kier molecular flexibility index (Phi) is 2.66. The second kappa shape index (κ2) is 4.06. The van der Waals surface area contributed by atoms with Gasteiger partial charge in [-0.15, -0.1) is 0 Å². The summed E-state index contributed by atoms with van der Waals surface area (Å²) in [6, 6.07) is 9.25. The molecule has 0 heterocycles. The number of aliphatic carboxylic acids is 2. The molecular formula is C15H17NO4. The van der Waals surface area contributed by atoms with E-state index in [1.807, 2.05) is 30.3 Å². The maximum atomic E-state index is 11.6. The molecular weight excluding hydrogens is 258 g/mol. The summed E-state index contributed by atoms with van der Waals surface area (Å²) < 4.78 is 0. The highest BCUT2D eigenvalue weighted by Crippen LogP contribution is 2.75. The van der Waals surface area contributed by atoms with E-state index in [2.05, 4.69) is 0 Å². The average Bonchev–Trinajstić information content (AvgIpc) is 2.98. The Morgan fingerprint density at radius 3 is 2.35 bits per heavy atom. The van der Waals surface area contributed by atoms with Gasteiger partial charge in [0.2, 0.25) is 0 Å². The predicted octanol–water partition coefficient (Wildman–Crippen LogP) is 1.44. The van der Waals surface area contributed by atoms with Crippen molar-refractivity contribution in [1.29, 1.82) is 0 Å². The van der Waals surface area contributed by atoms with Crippen LogP contribution in [0.1, 0.15) is 30.7 Å². The van der Waals surface area contributed by atoms with Crippen LogP contribution < -0.4 is 5.73 Å². The minimum atomic E-state index is -1.43. The van der Waals surface area contributed by atoms with Crippen molar-refractivity contribution >= 4 is 11.9 Å². The number of hydrogen-bond acceptors (Lipinski definition) is 3. The highest BCUT2D eigenvalue weighted by molar-refractivity contribution is 5.87. The lowest BCUT2D eigenvalue weighted by atomic mass is 9.80. The summed E-state index contributed by atoms with van der Waals surface area (Å²) in [6.07, 6.45) is 1.57. The molecule has 20 heavy (non-hydrogen) atoms. The van der Waals surface area contributed by atoms with Crippen molar-refractivity contribution in [2.24, 2.45) is 17.1 Å². The van der Waals surface area contributed by atoms with Crippen molar-refractivity contribution in [2.45, 2.75) is 30.7 Å². The number of rotatable bonds is 3. The molecule has 2 aliphatic rings. The Balaban J connectivity index is 2.08. The summed E-state index contributed by atoms with van der Waals surface area (Å²) in [5.41, 5.74) is 4.73. The number of benzene rings is 1. The van der Waals surface area contributed by atoms with Gasteiger partial charge in [-0.1, -0.05) is 36.8 Å². The third-order valence-corrected chi connectivity index (χ3v) is 5.13. The molecule has 2 aliphatic carbocycles. The molecule has 4 N–H and O–H groups in total. The highest BCUT2D eigenvalue weighted by Gasteiger charge is 2.79. The van der Waals surface area contributed by atoms with Gasteiger partial charge < -0.3 is 15.9 Å². The van der Waals surface area contributed by atoms with Crippen LogP contribution in [0, 0.1) is 11.3 Å². The van der Waals surface area contributed by atoms with Crippen LogP contribution in [-0.4, -0.2) is 27.7 Å². The zero-order chi connectivity index (χ0) is 14.5. The van der Waals surface area contributed by atoms with Crippen LogP contribution in [0.5, 0.6) is 0 Å². The molecule has 0 aliphatic heterocycles. The second-order valence-corrected chi connectivity index (χ2v) is 5.87. The maximum absolute atomic E-state index is 11.6. The fraction of sp³-hybridized carbons (Fsp3) is 0.467. The SMILES string of the molecule is N[C@@]1(C(=O)O)CCCC12C(C(=O)O)C2c1ccccc1. The van der Waals surface area contributed by atoms with Crippen molar-refractivity contribution in [3.8, 4) is 0 Å². The number of nitrogens with two attached hydrogens (primary N) is 1. The number of hydrogen-bond donors (Lipinski definition) is 3. The molecule has 2 saturated carbocycles. The van der Waals surface area contributed by atoms with Gasteiger partial charge in [-0.05, 0) is 18.4 Å². The van der Waals surface area contributed by atoms with E-state index in [1.54, 1.807) is 0 Å². The van der Waals surface area contributed by atoms with E-state index >= 15 is 0 Å². The van der Waals surface area contributed by atoms with Crippen molar-refractivity contribution < 1.29 is 19.8 Å². The smallest absolute Gasteiger partial charge is 0.324 e. The van der Waals surface area contributed by atoms with Crippen LogP contribution >= 0.6 is 0 Å². The van der Waals surface area contributed by atoms with Crippen molar-refractivity contribution in [3.05, 3.63) is 35.9 Å². The first kappa shape index (κ1) is 13.1. The topological polar surface area (TPSA) is 101 Å². The van der Waals surface area contributed by atoms with Gasteiger partial charge in [0.05, 0.1) is 5.92 Å². The van der Waals surface area contributed by atoms with E-state index in [-0.39, 0.29) is 5.92 Å². The van der Waals surface area contributed by atoms with Crippen molar-refractivity contribution in [2.75, 3.05) is 0 Å². The molecule has 0 aromatic heterocycles. The third kappa shape index (κ3) is 1.41. The number of carboxylic acids is 2. The van der Waals surface area contributed by atoms with Crippen LogP contribution in [0.15, 0.2) is 30.3 Å². The molecule has 1 spiro atoms. The lowest BCUT2D eigenvalue weighted by molar-refractivity contribution is -0.146. The fourth-order valence-corrected chi connectivity index (χ4v) is 4.24. The van der Waals surface area contributed by atoms with Crippen molar-refractivity contribution in [1.82, 2.24) is 0 Å². The first-order valence-electron chi connectivity index (χ1n) is 6.75. The van der Waals surface area contributed by atoms with Crippen LogP contribution in [0.25, 0.3) is 0 Å². The van der Waals surface area contributed by atoms with E-state index in [9.17, 15) is 19.8 Å². The Hall–Kier alpha value is -1.88. The first-order chi connectivity index (χ1) is 9.45. The molecule has 0 radical (unpaired) electrons. The van der Waals surface area contributed by atoms with Crippen LogP contribution in [-0.2, 0) is 9.59 Å². The molecule has 0 bridgehead atoms. The highest BCUT2D eigenvalue weighted by atomic mass is 16.4. The summed E-state index contributed by atoms with van der Waals surface area (Å²) in [5.74, 6) is -3.03. The fourth-order valence-electron chi connectivity index (χ4n) is 4.24. The average molecular weight is 275 g/mol. The molecule has 5 nitrogen and oxygen atoms in total. The molecule has 3 unspecified atom stereocenters. The van der Waals surface area contributed by atoms with Gasteiger partial charge in [-0.25, -0.2) is 0 Å². The molecule has 1 aromatic rings. The van der Waals surface area contributed by atoms with Crippen LogP contribution in [0.2, 0.25) is 0 Å². The Morgan fingerprint density at radius 2 is 1.80 bits per heavy atom. The molecule has 106 valence electrons. The quantitative estimate of drug-likeness (QED) is 0.775. The zero-order valence-corrected chi connectivity index (χ0v) is 11.0. The summed E-state index contributed by atoms with van der Waals surface area (Å²) in [5, 5.41) is 19.0. The summed E-state index contributed by atoms with van der Waals surface area (Å²) in [6.45, 7) is 0. The molecule has 4 atom stereocenters. The maximum Gasteiger partial charge on any atom is 0.324 e. The molecule has 3 rings (SSSR count). The standard InChI is InChI=1S/C15H17NO4/c16-15(13(19)20)8-4-7-14(15)10(11(14)12(17)18)9-5-2-1-3-6-9/h1-3,5-6,10-11H,4,7-8,16H2,(H,17,18)(H,19,20)/t10?,11?,14?,15-/m1/s1. The van der Waals surface area contributed by atoms with E-state index in [1.165, 1.54) is 0 Å². The normalized spacial score (nSPS) is 38.9. The first-order valence-corrected chi connectivity index (χ1v) is 6.75. The summed E-state index contributed by atoms with van der Waals surface area (Å²) in [4.78, 5) is 23.2. The monoisotopic (exact) mass is 275 g/mol. The van der Waals surface area contributed by atoms with E-state index in [4.69, 9.17) is 5.73 Å². The Bertz CT molecular complexity index is 572. The minimum Gasteiger partial charge on any atom is -0.481 e. The van der Waals surface area contributed by atoms with Crippen molar-refractivity contribution in [3.63, 3.8) is 0 Å². The molecule has 0 amide bonds. The lowest BCUT2D eigenvalue weighted by Crippen LogP contribution is -2.53. The van der Waals surface area contributed by atoms with Crippen LogP contribution in [0.4, 0.5) is 0 Å². The molecule has 5 heteroatoms. The van der Waals surface area contributed by atoms with Crippen LogP contribution in [0.3, 0.4) is 0 Å². The van der Waals surface area contributed by atoms with Gasteiger partial charge in [0, 0.05) is 11.3 Å².